The molecule has 0 radical (unpaired) electrons. The molecular weight excluding hydrogens is 254 g/mol. The molecule has 2 N–H and O–H groups in total. The van der Waals surface area contributed by atoms with Gasteiger partial charge in [-0.25, -0.2) is 0 Å². The number of hydrogen-bond acceptors (Lipinski definition) is 3. The summed E-state index contributed by atoms with van der Waals surface area (Å²) in [5, 5.41) is 12.3. The van der Waals surface area contributed by atoms with Crippen LogP contribution in [0.25, 0.3) is 0 Å². The molecule has 0 aliphatic rings. The molecule has 4 heteroatoms. The number of aliphatic carboxylic acids is 1. The maximum absolute atomic E-state index is 11.3. The van der Waals surface area contributed by atoms with Crippen LogP contribution >= 0.6 is 0 Å². The lowest BCUT2D eigenvalue weighted by Crippen LogP contribution is -2.54. The number of hydrogen-bond donors (Lipinski definition) is 2. The summed E-state index contributed by atoms with van der Waals surface area (Å²) in [7, 11) is 0. The van der Waals surface area contributed by atoms with Gasteiger partial charge in [0.1, 0.15) is 17.9 Å². The minimum Gasteiger partial charge on any atom is -0.491 e. The largest absolute Gasteiger partial charge is 0.491 e. The van der Waals surface area contributed by atoms with E-state index in [-0.39, 0.29) is 6.61 Å². The van der Waals surface area contributed by atoms with Crippen LogP contribution in [0.15, 0.2) is 24.3 Å². The van der Waals surface area contributed by atoms with Gasteiger partial charge in [0.2, 0.25) is 0 Å². The lowest BCUT2D eigenvalue weighted by molar-refractivity contribution is -0.145. The highest BCUT2D eigenvalue weighted by Crippen LogP contribution is 2.15. The fourth-order valence-electron chi connectivity index (χ4n) is 1.86. The van der Waals surface area contributed by atoms with Gasteiger partial charge in [-0.05, 0) is 44.0 Å². The molecule has 1 aromatic rings. The molecule has 0 fully saturated rings. The maximum atomic E-state index is 11.3. The van der Waals surface area contributed by atoms with Crippen LogP contribution in [0.1, 0.15) is 39.2 Å². The molecule has 0 heterocycles. The minimum absolute atomic E-state index is 0.107. The van der Waals surface area contributed by atoms with Crippen LogP contribution in [0.4, 0.5) is 0 Å². The lowest BCUT2D eigenvalue weighted by atomic mass is 10.0. The zero-order valence-corrected chi connectivity index (χ0v) is 12.6. The molecular formula is C16H25NO3. The Morgan fingerprint density at radius 1 is 1.25 bits per heavy atom. The molecule has 0 saturated carbocycles. The van der Waals surface area contributed by atoms with Crippen LogP contribution in [0.3, 0.4) is 0 Å². The second-order valence-electron chi connectivity index (χ2n) is 5.25. The third-order valence-corrected chi connectivity index (χ3v) is 3.23. The Labute approximate surface area is 121 Å². The molecule has 0 saturated heterocycles. The first-order valence-electron chi connectivity index (χ1n) is 7.22. The second kappa shape index (κ2) is 7.90. The van der Waals surface area contributed by atoms with Gasteiger partial charge in [-0.2, -0.15) is 0 Å². The average Bonchev–Trinajstić information content (AvgIpc) is 2.44. The van der Waals surface area contributed by atoms with E-state index in [1.165, 1.54) is 5.56 Å². The topological polar surface area (TPSA) is 58.6 Å². The van der Waals surface area contributed by atoms with Crippen LogP contribution in [-0.4, -0.2) is 29.8 Å². The van der Waals surface area contributed by atoms with E-state index in [9.17, 15) is 9.90 Å². The fourth-order valence-corrected chi connectivity index (χ4v) is 1.86. The van der Waals surface area contributed by atoms with Gasteiger partial charge in [0.15, 0.2) is 0 Å². The summed E-state index contributed by atoms with van der Waals surface area (Å²) in [4.78, 5) is 11.3. The first-order chi connectivity index (χ1) is 9.51. The molecule has 0 aliphatic heterocycles. The van der Waals surface area contributed by atoms with Crippen LogP contribution < -0.4 is 10.1 Å². The predicted molar refractivity (Wildman–Crippen MR) is 80.3 cm³/mol. The number of carbonyl (C=O) groups is 1. The van der Waals surface area contributed by atoms with Gasteiger partial charge in [0.05, 0.1) is 0 Å². The van der Waals surface area contributed by atoms with Crippen molar-refractivity contribution < 1.29 is 14.6 Å². The number of rotatable bonds is 9. The van der Waals surface area contributed by atoms with Gasteiger partial charge in [0.25, 0.3) is 0 Å². The van der Waals surface area contributed by atoms with E-state index in [4.69, 9.17) is 4.74 Å². The Hall–Kier alpha value is -1.55. The van der Waals surface area contributed by atoms with E-state index < -0.39 is 11.5 Å². The highest BCUT2D eigenvalue weighted by Gasteiger charge is 2.33. The molecule has 0 bridgehead atoms. The molecule has 0 amide bonds. The number of carboxylic acid groups (broad SMARTS) is 1. The number of benzene rings is 1. The van der Waals surface area contributed by atoms with Crippen LogP contribution in [0.2, 0.25) is 0 Å². The van der Waals surface area contributed by atoms with E-state index >= 15 is 0 Å². The van der Waals surface area contributed by atoms with Gasteiger partial charge >= 0.3 is 5.97 Å². The van der Waals surface area contributed by atoms with Crippen molar-refractivity contribution in [2.24, 2.45) is 0 Å². The van der Waals surface area contributed by atoms with E-state index in [2.05, 4.69) is 12.2 Å². The molecule has 1 atom stereocenters. The Morgan fingerprint density at radius 2 is 1.90 bits per heavy atom. The highest BCUT2D eigenvalue weighted by molar-refractivity contribution is 5.78. The van der Waals surface area contributed by atoms with Crippen molar-refractivity contribution in [1.29, 1.82) is 0 Å². The van der Waals surface area contributed by atoms with Gasteiger partial charge in [-0.3, -0.25) is 10.1 Å². The van der Waals surface area contributed by atoms with Crippen LogP contribution in [0.5, 0.6) is 5.75 Å². The minimum atomic E-state index is -1.06. The Bertz CT molecular complexity index is 416. The number of nitrogens with one attached hydrogen (secondary N) is 1. The zero-order chi connectivity index (χ0) is 15.0. The highest BCUT2D eigenvalue weighted by atomic mass is 16.5. The summed E-state index contributed by atoms with van der Waals surface area (Å²) in [6.07, 6.45) is 3.04. The quantitative estimate of drug-likeness (QED) is 0.730. The molecule has 1 rings (SSSR count). The molecule has 0 aliphatic carbocycles. The predicted octanol–water partition coefficient (Wildman–Crippen LogP) is 2.86. The van der Waals surface area contributed by atoms with Crippen LogP contribution in [-0.2, 0) is 11.2 Å². The summed E-state index contributed by atoms with van der Waals surface area (Å²) in [5.74, 6) is -0.191. The third kappa shape index (κ3) is 4.85. The summed E-state index contributed by atoms with van der Waals surface area (Å²) in [6, 6.07) is 7.84. The normalized spacial score (nSPS) is 13.8. The standard InChI is InChI=1S/C16H25NO3/c1-4-6-13-7-9-14(10-8-13)20-12-16(3,15(18)19)17-11-5-2/h7-10,17H,4-6,11-12H2,1-3H3,(H,18,19). The van der Waals surface area contributed by atoms with Crippen molar-refractivity contribution in [2.45, 2.75) is 45.6 Å². The van der Waals surface area contributed by atoms with Gasteiger partial charge in [0, 0.05) is 0 Å². The zero-order valence-electron chi connectivity index (χ0n) is 12.6. The van der Waals surface area contributed by atoms with Gasteiger partial charge in [-0.15, -0.1) is 0 Å². The van der Waals surface area contributed by atoms with E-state index in [1.54, 1.807) is 6.92 Å². The Kier molecular flexibility index (Phi) is 6.52. The number of carboxylic acids is 1. The monoisotopic (exact) mass is 279 g/mol. The maximum Gasteiger partial charge on any atom is 0.327 e. The van der Waals surface area contributed by atoms with E-state index in [0.717, 1.165) is 19.3 Å². The Balaban J connectivity index is 2.60. The molecule has 1 aromatic carbocycles. The third-order valence-electron chi connectivity index (χ3n) is 3.23. The molecule has 4 nitrogen and oxygen atoms in total. The van der Waals surface area contributed by atoms with E-state index in [1.807, 2.05) is 31.2 Å². The second-order valence-corrected chi connectivity index (χ2v) is 5.25. The summed E-state index contributed by atoms with van der Waals surface area (Å²) in [5.41, 5.74) is 0.211. The Morgan fingerprint density at radius 3 is 2.40 bits per heavy atom. The SMILES string of the molecule is CCCNC(C)(COc1ccc(CCC)cc1)C(=O)O. The summed E-state index contributed by atoms with van der Waals surface area (Å²) < 4.78 is 5.62. The van der Waals surface area contributed by atoms with Crippen molar-refractivity contribution in [3.8, 4) is 5.75 Å². The summed E-state index contributed by atoms with van der Waals surface area (Å²) >= 11 is 0. The van der Waals surface area contributed by atoms with Gasteiger partial charge < -0.3 is 9.84 Å². The van der Waals surface area contributed by atoms with Crippen molar-refractivity contribution in [3.63, 3.8) is 0 Å². The lowest BCUT2D eigenvalue weighted by Gasteiger charge is -2.26. The molecule has 0 aromatic heterocycles. The molecule has 20 heavy (non-hydrogen) atoms. The molecule has 1 unspecified atom stereocenters. The smallest absolute Gasteiger partial charge is 0.327 e. The van der Waals surface area contributed by atoms with Crippen molar-refractivity contribution >= 4 is 5.97 Å². The van der Waals surface area contributed by atoms with Crippen molar-refractivity contribution in [2.75, 3.05) is 13.2 Å². The van der Waals surface area contributed by atoms with Crippen LogP contribution in [0, 0.1) is 0 Å². The van der Waals surface area contributed by atoms with Crippen molar-refractivity contribution in [1.82, 2.24) is 5.32 Å². The average molecular weight is 279 g/mol. The molecule has 112 valence electrons. The van der Waals surface area contributed by atoms with Gasteiger partial charge in [-0.1, -0.05) is 32.4 Å². The first kappa shape index (κ1) is 16.5. The summed E-state index contributed by atoms with van der Waals surface area (Å²) in [6.45, 7) is 6.55. The number of aryl methyl sites for hydroxylation is 1. The first-order valence-corrected chi connectivity index (χ1v) is 7.22. The fraction of sp³-hybridized carbons (Fsp3) is 0.562. The van der Waals surface area contributed by atoms with Crippen molar-refractivity contribution in [3.05, 3.63) is 29.8 Å². The molecule has 0 spiro atoms. The van der Waals surface area contributed by atoms with E-state index in [0.29, 0.717) is 12.3 Å². The number of ether oxygens (including phenoxy) is 1.